The molecule has 1 fully saturated rings. The molecule has 0 unspecified atom stereocenters. The van der Waals surface area contributed by atoms with Crippen LogP contribution in [0.5, 0.6) is 0 Å². The van der Waals surface area contributed by atoms with Gasteiger partial charge in [-0.25, -0.2) is 0 Å². The summed E-state index contributed by atoms with van der Waals surface area (Å²) in [5.74, 6) is 0.0551. The van der Waals surface area contributed by atoms with Crippen molar-refractivity contribution in [1.82, 2.24) is 5.32 Å². The van der Waals surface area contributed by atoms with Gasteiger partial charge in [0, 0.05) is 24.3 Å². The molecule has 0 radical (unpaired) electrons. The van der Waals surface area contributed by atoms with Gasteiger partial charge in [0.15, 0.2) is 0 Å². The van der Waals surface area contributed by atoms with E-state index in [0.29, 0.717) is 6.04 Å². The molecule has 0 aromatic heterocycles. The summed E-state index contributed by atoms with van der Waals surface area (Å²) in [7, 11) is 1.87. The van der Waals surface area contributed by atoms with Crippen LogP contribution < -0.4 is 10.6 Å². The van der Waals surface area contributed by atoms with Crippen molar-refractivity contribution in [3.05, 3.63) is 29.8 Å². The van der Waals surface area contributed by atoms with E-state index in [1.54, 1.807) is 0 Å². The van der Waals surface area contributed by atoms with Gasteiger partial charge in [0.25, 0.3) is 5.91 Å². The Morgan fingerprint density at radius 2 is 1.76 bits per heavy atom. The molecule has 1 saturated carbocycles. The second-order valence-electron chi connectivity index (χ2n) is 4.64. The third kappa shape index (κ3) is 3.22. The quantitative estimate of drug-likeness (QED) is 0.841. The van der Waals surface area contributed by atoms with E-state index in [2.05, 4.69) is 10.6 Å². The van der Waals surface area contributed by atoms with Gasteiger partial charge in [-0.3, -0.25) is 4.79 Å². The molecule has 3 heteroatoms. The first-order valence-corrected chi connectivity index (χ1v) is 6.38. The van der Waals surface area contributed by atoms with Crippen molar-refractivity contribution in [2.75, 3.05) is 12.4 Å². The van der Waals surface area contributed by atoms with Crippen LogP contribution in [0.3, 0.4) is 0 Å². The minimum absolute atomic E-state index is 0.0551. The fourth-order valence-corrected chi connectivity index (χ4v) is 2.30. The van der Waals surface area contributed by atoms with Crippen LogP contribution in [0.15, 0.2) is 24.3 Å². The first-order chi connectivity index (χ1) is 8.29. The highest BCUT2D eigenvalue weighted by molar-refractivity contribution is 5.94. The van der Waals surface area contributed by atoms with Crippen LogP contribution in [0.2, 0.25) is 0 Å². The molecular weight excluding hydrogens is 212 g/mol. The first kappa shape index (κ1) is 12.0. The lowest BCUT2D eigenvalue weighted by Crippen LogP contribution is -2.36. The molecule has 17 heavy (non-hydrogen) atoms. The van der Waals surface area contributed by atoms with Crippen LogP contribution >= 0.6 is 0 Å². The smallest absolute Gasteiger partial charge is 0.251 e. The summed E-state index contributed by atoms with van der Waals surface area (Å²) >= 11 is 0. The second kappa shape index (κ2) is 5.71. The molecule has 0 heterocycles. The Kier molecular flexibility index (Phi) is 4.02. The Bertz CT molecular complexity index is 366. The van der Waals surface area contributed by atoms with E-state index in [9.17, 15) is 4.79 Å². The molecule has 0 saturated heterocycles. The fraction of sp³-hybridized carbons (Fsp3) is 0.500. The van der Waals surface area contributed by atoms with Crippen LogP contribution in [-0.4, -0.2) is 19.0 Å². The number of nitrogens with one attached hydrogen (secondary N) is 2. The second-order valence-corrected chi connectivity index (χ2v) is 4.64. The Balaban J connectivity index is 1.93. The third-order valence-corrected chi connectivity index (χ3v) is 3.38. The van der Waals surface area contributed by atoms with Crippen LogP contribution in [0.4, 0.5) is 5.69 Å². The van der Waals surface area contributed by atoms with Crippen molar-refractivity contribution < 1.29 is 4.79 Å². The lowest BCUT2D eigenvalue weighted by molar-refractivity contribution is 0.0928. The molecule has 0 bridgehead atoms. The average Bonchev–Trinajstić information content (AvgIpc) is 2.40. The summed E-state index contributed by atoms with van der Waals surface area (Å²) in [5.41, 5.74) is 1.77. The summed E-state index contributed by atoms with van der Waals surface area (Å²) in [5, 5.41) is 6.16. The van der Waals surface area contributed by atoms with E-state index in [1.807, 2.05) is 31.3 Å². The minimum Gasteiger partial charge on any atom is -0.388 e. The topological polar surface area (TPSA) is 41.1 Å². The van der Waals surface area contributed by atoms with Crippen LogP contribution in [-0.2, 0) is 0 Å². The molecule has 0 spiro atoms. The van der Waals surface area contributed by atoms with E-state index < -0.39 is 0 Å². The molecule has 1 amide bonds. The highest BCUT2D eigenvalue weighted by atomic mass is 16.1. The SMILES string of the molecule is CNc1ccc(C(=O)NC2CCCCC2)cc1. The Morgan fingerprint density at radius 1 is 1.12 bits per heavy atom. The van der Waals surface area contributed by atoms with Crippen molar-refractivity contribution in [3.8, 4) is 0 Å². The molecule has 3 nitrogen and oxygen atoms in total. The minimum atomic E-state index is 0.0551. The predicted octanol–water partition coefficient (Wildman–Crippen LogP) is 2.79. The molecule has 0 aliphatic heterocycles. The van der Waals surface area contributed by atoms with Crippen molar-refractivity contribution in [2.24, 2.45) is 0 Å². The zero-order valence-corrected chi connectivity index (χ0v) is 10.3. The summed E-state index contributed by atoms with van der Waals surface area (Å²) in [4.78, 5) is 12.0. The van der Waals surface area contributed by atoms with Gasteiger partial charge in [-0.1, -0.05) is 19.3 Å². The zero-order chi connectivity index (χ0) is 12.1. The van der Waals surface area contributed by atoms with Gasteiger partial charge in [-0.2, -0.15) is 0 Å². The molecule has 92 valence electrons. The normalized spacial score (nSPS) is 16.5. The number of rotatable bonds is 3. The summed E-state index contributed by atoms with van der Waals surface area (Å²) in [6, 6.07) is 7.96. The van der Waals surface area contributed by atoms with Crippen LogP contribution in [0.25, 0.3) is 0 Å². The van der Waals surface area contributed by atoms with E-state index >= 15 is 0 Å². The highest BCUT2D eigenvalue weighted by Crippen LogP contribution is 2.18. The fourth-order valence-electron chi connectivity index (χ4n) is 2.30. The monoisotopic (exact) mass is 232 g/mol. The van der Waals surface area contributed by atoms with Gasteiger partial charge in [-0.05, 0) is 37.1 Å². The summed E-state index contributed by atoms with van der Waals surface area (Å²) in [6.07, 6.45) is 6.04. The third-order valence-electron chi connectivity index (χ3n) is 3.38. The molecular formula is C14H20N2O. The molecule has 1 aliphatic rings. The van der Waals surface area contributed by atoms with E-state index in [4.69, 9.17) is 0 Å². The first-order valence-electron chi connectivity index (χ1n) is 6.38. The molecule has 0 atom stereocenters. The summed E-state index contributed by atoms with van der Waals surface area (Å²) in [6.45, 7) is 0. The average molecular weight is 232 g/mol. The van der Waals surface area contributed by atoms with Crippen LogP contribution in [0, 0.1) is 0 Å². The number of amides is 1. The van der Waals surface area contributed by atoms with E-state index in [1.165, 1.54) is 19.3 Å². The van der Waals surface area contributed by atoms with Gasteiger partial charge in [-0.15, -0.1) is 0 Å². The number of carbonyl (C=O) groups excluding carboxylic acids is 1. The van der Waals surface area contributed by atoms with Gasteiger partial charge >= 0.3 is 0 Å². The Hall–Kier alpha value is -1.51. The molecule has 2 N–H and O–H groups in total. The van der Waals surface area contributed by atoms with Crippen molar-refractivity contribution in [2.45, 2.75) is 38.1 Å². The van der Waals surface area contributed by atoms with Crippen LogP contribution in [0.1, 0.15) is 42.5 Å². The number of hydrogen-bond donors (Lipinski definition) is 2. The standard InChI is InChI=1S/C14H20N2O/c1-15-12-9-7-11(8-10-12)14(17)16-13-5-3-2-4-6-13/h7-10,13,15H,2-6H2,1H3,(H,16,17). The number of anilines is 1. The lowest BCUT2D eigenvalue weighted by Gasteiger charge is -2.22. The van der Waals surface area contributed by atoms with Crippen molar-refractivity contribution in [1.29, 1.82) is 0 Å². The van der Waals surface area contributed by atoms with Crippen molar-refractivity contribution >= 4 is 11.6 Å². The number of benzene rings is 1. The maximum atomic E-state index is 12.0. The molecule has 1 aromatic carbocycles. The summed E-state index contributed by atoms with van der Waals surface area (Å²) < 4.78 is 0. The predicted molar refractivity (Wildman–Crippen MR) is 70.3 cm³/mol. The van der Waals surface area contributed by atoms with Gasteiger partial charge in [0.2, 0.25) is 0 Å². The highest BCUT2D eigenvalue weighted by Gasteiger charge is 2.16. The maximum Gasteiger partial charge on any atom is 0.251 e. The van der Waals surface area contributed by atoms with E-state index in [-0.39, 0.29) is 5.91 Å². The molecule has 1 aromatic rings. The molecule has 2 rings (SSSR count). The number of hydrogen-bond acceptors (Lipinski definition) is 2. The molecule has 1 aliphatic carbocycles. The Morgan fingerprint density at radius 3 is 2.35 bits per heavy atom. The van der Waals surface area contributed by atoms with Gasteiger partial charge in [0.1, 0.15) is 0 Å². The van der Waals surface area contributed by atoms with Crippen molar-refractivity contribution in [3.63, 3.8) is 0 Å². The van der Waals surface area contributed by atoms with Gasteiger partial charge in [0.05, 0.1) is 0 Å². The maximum absolute atomic E-state index is 12.0. The largest absolute Gasteiger partial charge is 0.388 e. The Labute approximate surface area is 103 Å². The zero-order valence-electron chi connectivity index (χ0n) is 10.3. The number of carbonyl (C=O) groups is 1. The van der Waals surface area contributed by atoms with Gasteiger partial charge < -0.3 is 10.6 Å². The van der Waals surface area contributed by atoms with E-state index in [0.717, 1.165) is 24.1 Å². The lowest BCUT2D eigenvalue weighted by atomic mass is 9.95.